The van der Waals surface area contributed by atoms with Crippen LogP contribution in [0.5, 0.6) is 0 Å². The molecule has 0 saturated carbocycles. The van der Waals surface area contributed by atoms with Gasteiger partial charge < -0.3 is 0 Å². The molecule has 0 amide bonds. The summed E-state index contributed by atoms with van der Waals surface area (Å²) < 4.78 is 45.2. The zero-order chi connectivity index (χ0) is 21.6. The summed E-state index contributed by atoms with van der Waals surface area (Å²) in [5, 5.41) is 8.69. The van der Waals surface area contributed by atoms with Gasteiger partial charge >= 0.3 is 6.18 Å². The number of hydrogen-bond acceptors (Lipinski definition) is 3. The van der Waals surface area contributed by atoms with Crippen LogP contribution in [-0.2, 0) is 19.3 Å². The molecule has 5 nitrogen and oxygen atoms in total. The van der Waals surface area contributed by atoms with Crippen LogP contribution >= 0.6 is 0 Å². The average molecular weight is 413 g/mol. The number of aryl methyl sites for hydroxylation is 3. The zero-order valence-corrected chi connectivity index (χ0v) is 17.2. The molecule has 8 heteroatoms. The maximum Gasteiger partial charge on any atom is 0.417 e. The molecule has 0 saturated heterocycles. The Morgan fingerprint density at radius 3 is 2.30 bits per heavy atom. The molecule has 0 unspecified atom stereocenters. The van der Waals surface area contributed by atoms with Crippen molar-refractivity contribution in [2.24, 2.45) is 0 Å². The van der Waals surface area contributed by atoms with Gasteiger partial charge in [-0.1, -0.05) is 29.8 Å². The molecule has 3 aromatic heterocycles. The number of fused-ring (bicyclic) bond motifs is 1. The van der Waals surface area contributed by atoms with Gasteiger partial charge in [0.1, 0.15) is 0 Å². The van der Waals surface area contributed by atoms with Crippen LogP contribution in [0, 0.1) is 20.8 Å². The van der Waals surface area contributed by atoms with Crippen LogP contribution in [0.3, 0.4) is 0 Å². The summed E-state index contributed by atoms with van der Waals surface area (Å²) in [4.78, 5) is 4.61. The van der Waals surface area contributed by atoms with Crippen LogP contribution in [0.25, 0.3) is 22.3 Å². The summed E-state index contributed by atoms with van der Waals surface area (Å²) in [7, 11) is 0. The predicted octanol–water partition coefficient (Wildman–Crippen LogP) is 5.31. The van der Waals surface area contributed by atoms with Crippen molar-refractivity contribution in [2.75, 3.05) is 0 Å². The molecule has 0 aliphatic rings. The monoisotopic (exact) mass is 413 g/mol. The van der Waals surface area contributed by atoms with E-state index in [2.05, 4.69) is 15.2 Å². The normalized spacial score (nSPS) is 12.1. The third kappa shape index (κ3) is 3.46. The first-order valence-electron chi connectivity index (χ1n) is 9.72. The predicted molar refractivity (Wildman–Crippen MR) is 109 cm³/mol. The summed E-state index contributed by atoms with van der Waals surface area (Å²) in [6.07, 6.45) is -2.95. The SMILES string of the molecule is CCn1ncc(-c2cc(C(F)(F)F)c3c(C)nn(Cc4ccc(C)cc4)c3n2)c1C. The lowest BCUT2D eigenvalue weighted by Crippen LogP contribution is -2.09. The number of nitrogens with zero attached hydrogens (tertiary/aromatic N) is 5. The van der Waals surface area contributed by atoms with Crippen molar-refractivity contribution in [2.45, 2.75) is 47.0 Å². The van der Waals surface area contributed by atoms with Crippen molar-refractivity contribution >= 4 is 11.0 Å². The van der Waals surface area contributed by atoms with Crippen molar-refractivity contribution in [3.63, 3.8) is 0 Å². The molecule has 4 rings (SSSR count). The maximum atomic E-state index is 14.0. The second-order valence-corrected chi connectivity index (χ2v) is 7.44. The second-order valence-electron chi connectivity index (χ2n) is 7.44. The van der Waals surface area contributed by atoms with Crippen molar-refractivity contribution in [1.29, 1.82) is 0 Å². The smallest absolute Gasteiger partial charge is 0.269 e. The minimum Gasteiger partial charge on any atom is -0.269 e. The van der Waals surface area contributed by atoms with E-state index in [1.54, 1.807) is 22.5 Å². The average Bonchev–Trinajstić information content (AvgIpc) is 3.22. The van der Waals surface area contributed by atoms with Gasteiger partial charge in [-0.25, -0.2) is 9.67 Å². The molecule has 4 aromatic rings. The van der Waals surface area contributed by atoms with Crippen molar-refractivity contribution in [1.82, 2.24) is 24.5 Å². The van der Waals surface area contributed by atoms with Gasteiger partial charge in [-0.3, -0.25) is 4.68 Å². The first kappa shape index (κ1) is 20.1. The molecule has 0 bridgehead atoms. The lowest BCUT2D eigenvalue weighted by molar-refractivity contribution is -0.136. The highest BCUT2D eigenvalue weighted by Crippen LogP contribution is 2.38. The fourth-order valence-electron chi connectivity index (χ4n) is 3.71. The van der Waals surface area contributed by atoms with Crippen molar-refractivity contribution in [3.05, 3.63) is 64.6 Å². The Balaban J connectivity index is 1.94. The molecule has 1 aromatic carbocycles. The summed E-state index contributed by atoms with van der Waals surface area (Å²) in [5.74, 6) is 0. The zero-order valence-electron chi connectivity index (χ0n) is 17.2. The Morgan fingerprint density at radius 1 is 1.00 bits per heavy atom. The Labute approximate surface area is 172 Å². The van der Waals surface area contributed by atoms with Gasteiger partial charge in [0, 0.05) is 17.8 Å². The number of rotatable bonds is 4. The highest BCUT2D eigenvalue weighted by atomic mass is 19.4. The van der Waals surface area contributed by atoms with E-state index < -0.39 is 11.7 Å². The van der Waals surface area contributed by atoms with E-state index in [1.807, 2.05) is 45.0 Å². The quantitative estimate of drug-likeness (QED) is 0.456. The number of alkyl halides is 3. The van der Waals surface area contributed by atoms with Gasteiger partial charge in [-0.05, 0) is 39.3 Å². The van der Waals surface area contributed by atoms with Gasteiger partial charge in [-0.2, -0.15) is 23.4 Å². The topological polar surface area (TPSA) is 48.5 Å². The molecule has 0 radical (unpaired) electrons. The van der Waals surface area contributed by atoms with Crippen molar-refractivity contribution < 1.29 is 13.2 Å². The number of aromatic nitrogens is 5. The molecule has 3 heterocycles. The van der Waals surface area contributed by atoms with Gasteiger partial charge in [-0.15, -0.1) is 0 Å². The summed E-state index contributed by atoms with van der Waals surface area (Å²) >= 11 is 0. The van der Waals surface area contributed by atoms with Crippen LogP contribution in [0.4, 0.5) is 13.2 Å². The molecular weight excluding hydrogens is 391 g/mol. The summed E-state index contributed by atoms with van der Waals surface area (Å²) in [5.41, 5.74) is 3.48. The van der Waals surface area contributed by atoms with Crippen LogP contribution in [0.2, 0.25) is 0 Å². The van der Waals surface area contributed by atoms with E-state index in [9.17, 15) is 13.2 Å². The Morgan fingerprint density at radius 2 is 1.70 bits per heavy atom. The maximum absolute atomic E-state index is 14.0. The van der Waals surface area contributed by atoms with Crippen LogP contribution in [-0.4, -0.2) is 24.5 Å². The number of halogens is 3. The lowest BCUT2D eigenvalue weighted by Gasteiger charge is -2.12. The molecular formula is C22H22F3N5. The van der Waals surface area contributed by atoms with Gasteiger partial charge in [0.2, 0.25) is 0 Å². The molecule has 156 valence electrons. The Kier molecular flexibility index (Phi) is 4.88. The minimum absolute atomic E-state index is 0.0406. The van der Waals surface area contributed by atoms with Gasteiger partial charge in [0.15, 0.2) is 5.65 Å². The number of pyridine rings is 1. The highest BCUT2D eigenvalue weighted by molar-refractivity contribution is 5.86. The molecule has 0 spiro atoms. The fourth-order valence-corrected chi connectivity index (χ4v) is 3.71. The molecule has 0 aliphatic carbocycles. The van der Waals surface area contributed by atoms with Gasteiger partial charge in [0.05, 0.1) is 35.1 Å². The third-order valence-corrected chi connectivity index (χ3v) is 5.31. The Bertz CT molecular complexity index is 1220. The number of hydrogen-bond donors (Lipinski definition) is 0. The molecule has 0 aliphatic heterocycles. The Hall–Kier alpha value is -3.16. The standard InChI is InChI=1S/C22H22F3N5/c1-5-29-15(4)17(11-26-29)19-10-18(22(23,24)25)20-14(3)28-30(21(20)27-19)12-16-8-6-13(2)7-9-16/h6-11H,5,12H2,1-4H3. The highest BCUT2D eigenvalue weighted by Gasteiger charge is 2.36. The minimum atomic E-state index is -4.52. The van der Waals surface area contributed by atoms with Crippen LogP contribution in [0.15, 0.2) is 36.5 Å². The van der Waals surface area contributed by atoms with E-state index in [1.165, 1.54) is 0 Å². The molecule has 0 N–H and O–H groups in total. The van der Waals surface area contributed by atoms with Gasteiger partial charge in [0.25, 0.3) is 0 Å². The van der Waals surface area contributed by atoms with E-state index in [-0.39, 0.29) is 16.7 Å². The first-order chi connectivity index (χ1) is 14.2. The largest absolute Gasteiger partial charge is 0.417 e. The van der Waals surface area contributed by atoms with Crippen LogP contribution < -0.4 is 0 Å². The summed E-state index contributed by atoms with van der Waals surface area (Å²) in [6, 6.07) is 8.94. The third-order valence-electron chi connectivity index (χ3n) is 5.31. The van der Waals surface area contributed by atoms with Crippen molar-refractivity contribution in [3.8, 4) is 11.3 Å². The fraction of sp³-hybridized carbons (Fsp3) is 0.318. The van der Waals surface area contributed by atoms with Crippen LogP contribution in [0.1, 0.15) is 35.0 Å². The molecule has 0 atom stereocenters. The lowest BCUT2D eigenvalue weighted by atomic mass is 10.1. The number of benzene rings is 1. The van der Waals surface area contributed by atoms with E-state index in [4.69, 9.17) is 0 Å². The first-order valence-corrected chi connectivity index (χ1v) is 9.72. The molecule has 30 heavy (non-hydrogen) atoms. The molecule has 0 fully saturated rings. The summed E-state index contributed by atoms with van der Waals surface area (Å²) in [6.45, 7) is 8.31. The van der Waals surface area contributed by atoms with E-state index >= 15 is 0 Å². The second kappa shape index (κ2) is 7.27. The van der Waals surface area contributed by atoms with E-state index in [0.29, 0.717) is 24.3 Å². The van der Waals surface area contributed by atoms with E-state index in [0.717, 1.165) is 22.9 Å².